The van der Waals surface area contributed by atoms with Crippen LogP contribution < -0.4 is 16.0 Å². The number of nitrogens with zero attached hydrogens (tertiary/aromatic N) is 1. The molecule has 0 atom stereocenters. The molecular weight excluding hydrogens is 408 g/mol. The summed E-state index contributed by atoms with van der Waals surface area (Å²) in [7, 11) is 1.71. The molecule has 8 nitrogen and oxygen atoms in total. The maximum atomic E-state index is 12.1. The number of hydrogen-bond donors (Lipinski definition) is 3. The molecule has 3 aromatic rings. The first-order chi connectivity index (χ1) is 15.5. The summed E-state index contributed by atoms with van der Waals surface area (Å²) in [6.07, 6.45) is 1.62. The number of benzene rings is 2. The van der Waals surface area contributed by atoms with E-state index in [0.29, 0.717) is 18.8 Å². The van der Waals surface area contributed by atoms with Crippen molar-refractivity contribution in [1.82, 2.24) is 15.5 Å². The molecule has 0 bridgehead atoms. The first-order valence-electron chi connectivity index (χ1n) is 10.2. The number of nitrogens with one attached hydrogen (secondary N) is 3. The van der Waals surface area contributed by atoms with Crippen LogP contribution in [0.2, 0.25) is 0 Å². The molecule has 0 fully saturated rings. The smallest absolute Gasteiger partial charge is 0.317 e. The lowest BCUT2D eigenvalue weighted by molar-refractivity contribution is -0.121. The standard InChI is InChI=1S/C24H26N4O4/c1-28(17-19-6-3-2-4-7-19)24(31)25-14-13-22(29)26-16-18-9-11-20(12-10-18)27-23(30)21-8-5-15-32-21/h2-12,15H,13-14,16-17H2,1H3,(H,25,31)(H,26,29)(H,27,30). The highest BCUT2D eigenvalue weighted by atomic mass is 16.3. The summed E-state index contributed by atoms with van der Waals surface area (Å²) in [5, 5.41) is 8.30. The Morgan fingerprint density at radius 2 is 1.62 bits per heavy atom. The Kier molecular flexibility index (Phi) is 8.02. The van der Waals surface area contributed by atoms with Gasteiger partial charge in [-0.1, -0.05) is 42.5 Å². The van der Waals surface area contributed by atoms with E-state index in [4.69, 9.17) is 4.42 Å². The molecule has 0 spiro atoms. The van der Waals surface area contributed by atoms with Gasteiger partial charge >= 0.3 is 6.03 Å². The molecular formula is C24H26N4O4. The van der Waals surface area contributed by atoms with Crippen molar-refractivity contribution in [3.8, 4) is 0 Å². The third kappa shape index (κ3) is 7.02. The van der Waals surface area contributed by atoms with Gasteiger partial charge in [0.15, 0.2) is 5.76 Å². The van der Waals surface area contributed by atoms with Gasteiger partial charge < -0.3 is 25.3 Å². The highest BCUT2D eigenvalue weighted by Crippen LogP contribution is 2.12. The average Bonchev–Trinajstić information content (AvgIpc) is 3.34. The van der Waals surface area contributed by atoms with E-state index >= 15 is 0 Å². The molecule has 0 radical (unpaired) electrons. The van der Waals surface area contributed by atoms with Gasteiger partial charge in [0.2, 0.25) is 5.91 Å². The molecule has 0 unspecified atom stereocenters. The van der Waals surface area contributed by atoms with Crippen molar-refractivity contribution in [3.63, 3.8) is 0 Å². The van der Waals surface area contributed by atoms with Crippen molar-refractivity contribution in [2.24, 2.45) is 0 Å². The fourth-order valence-electron chi connectivity index (χ4n) is 2.94. The Morgan fingerprint density at radius 3 is 2.31 bits per heavy atom. The van der Waals surface area contributed by atoms with Crippen LogP contribution in [-0.2, 0) is 17.9 Å². The van der Waals surface area contributed by atoms with Gasteiger partial charge in [-0.3, -0.25) is 9.59 Å². The molecule has 3 rings (SSSR count). The zero-order valence-electron chi connectivity index (χ0n) is 17.8. The zero-order valence-corrected chi connectivity index (χ0v) is 17.8. The summed E-state index contributed by atoms with van der Waals surface area (Å²) in [6.45, 7) is 1.10. The van der Waals surface area contributed by atoms with Crippen LogP contribution in [0.5, 0.6) is 0 Å². The molecule has 1 aromatic heterocycles. The van der Waals surface area contributed by atoms with Crippen molar-refractivity contribution in [2.45, 2.75) is 19.5 Å². The average molecular weight is 434 g/mol. The number of furan rings is 1. The van der Waals surface area contributed by atoms with Gasteiger partial charge in [0, 0.05) is 38.8 Å². The molecule has 0 saturated heterocycles. The number of amides is 4. The lowest BCUT2D eigenvalue weighted by Crippen LogP contribution is -2.38. The molecule has 166 valence electrons. The molecule has 0 saturated carbocycles. The molecule has 0 aliphatic rings. The highest BCUT2D eigenvalue weighted by Gasteiger charge is 2.10. The van der Waals surface area contributed by atoms with E-state index in [1.54, 1.807) is 36.2 Å². The minimum Gasteiger partial charge on any atom is -0.459 e. The fourth-order valence-corrected chi connectivity index (χ4v) is 2.94. The maximum Gasteiger partial charge on any atom is 0.317 e. The van der Waals surface area contributed by atoms with Crippen molar-refractivity contribution >= 4 is 23.5 Å². The number of hydrogen-bond acceptors (Lipinski definition) is 4. The highest BCUT2D eigenvalue weighted by molar-refractivity contribution is 6.02. The van der Waals surface area contributed by atoms with E-state index in [1.165, 1.54) is 6.26 Å². The van der Waals surface area contributed by atoms with E-state index in [-0.39, 0.29) is 36.6 Å². The molecule has 1 heterocycles. The van der Waals surface area contributed by atoms with Crippen LogP contribution in [0.3, 0.4) is 0 Å². The SMILES string of the molecule is CN(Cc1ccccc1)C(=O)NCCC(=O)NCc1ccc(NC(=O)c2ccco2)cc1. The van der Waals surface area contributed by atoms with Crippen molar-refractivity contribution in [2.75, 3.05) is 18.9 Å². The lowest BCUT2D eigenvalue weighted by Gasteiger charge is -2.18. The van der Waals surface area contributed by atoms with Gasteiger partial charge in [0.05, 0.1) is 6.26 Å². The molecule has 0 aliphatic heterocycles. The van der Waals surface area contributed by atoms with Crippen molar-refractivity contribution < 1.29 is 18.8 Å². The van der Waals surface area contributed by atoms with Crippen molar-refractivity contribution in [1.29, 1.82) is 0 Å². The Morgan fingerprint density at radius 1 is 0.875 bits per heavy atom. The van der Waals surface area contributed by atoms with Gasteiger partial charge in [-0.15, -0.1) is 0 Å². The fraction of sp³-hybridized carbons (Fsp3) is 0.208. The third-order valence-electron chi connectivity index (χ3n) is 4.68. The first-order valence-corrected chi connectivity index (χ1v) is 10.2. The van der Waals surface area contributed by atoms with E-state index in [1.807, 2.05) is 42.5 Å². The topological polar surface area (TPSA) is 104 Å². The largest absolute Gasteiger partial charge is 0.459 e. The number of carbonyl (C=O) groups excluding carboxylic acids is 3. The normalized spacial score (nSPS) is 10.3. The maximum absolute atomic E-state index is 12.1. The van der Waals surface area contributed by atoms with E-state index < -0.39 is 0 Å². The second-order valence-corrected chi connectivity index (χ2v) is 7.23. The Balaban J connectivity index is 1.34. The molecule has 2 aromatic carbocycles. The molecule has 32 heavy (non-hydrogen) atoms. The van der Waals surface area contributed by atoms with Crippen LogP contribution in [0.1, 0.15) is 28.1 Å². The summed E-state index contributed by atoms with van der Waals surface area (Å²) in [6, 6.07) is 19.8. The summed E-state index contributed by atoms with van der Waals surface area (Å²) in [5.41, 5.74) is 2.55. The second-order valence-electron chi connectivity index (χ2n) is 7.23. The van der Waals surface area contributed by atoms with Gasteiger partial charge in [0.25, 0.3) is 5.91 Å². The van der Waals surface area contributed by atoms with Gasteiger partial charge in [-0.2, -0.15) is 0 Å². The van der Waals surface area contributed by atoms with E-state index in [2.05, 4.69) is 16.0 Å². The van der Waals surface area contributed by atoms with Crippen LogP contribution in [0.4, 0.5) is 10.5 Å². The molecule has 3 N–H and O–H groups in total. The second kappa shape index (κ2) is 11.4. The van der Waals surface area contributed by atoms with Crippen LogP contribution in [-0.4, -0.2) is 36.3 Å². The number of anilines is 1. The monoisotopic (exact) mass is 434 g/mol. The zero-order chi connectivity index (χ0) is 22.8. The minimum atomic E-state index is -0.326. The minimum absolute atomic E-state index is 0.161. The number of urea groups is 1. The van der Waals surface area contributed by atoms with Gasteiger partial charge in [-0.25, -0.2) is 4.79 Å². The van der Waals surface area contributed by atoms with Crippen LogP contribution >= 0.6 is 0 Å². The summed E-state index contributed by atoms with van der Waals surface area (Å²) in [4.78, 5) is 37.7. The first kappa shape index (κ1) is 22.6. The molecule has 4 amide bonds. The summed E-state index contributed by atoms with van der Waals surface area (Å²) < 4.78 is 5.05. The van der Waals surface area contributed by atoms with Crippen molar-refractivity contribution in [3.05, 3.63) is 89.9 Å². The molecule has 8 heteroatoms. The van der Waals surface area contributed by atoms with Gasteiger partial charge in [0.1, 0.15) is 0 Å². The number of rotatable bonds is 9. The Labute approximate surface area is 186 Å². The van der Waals surface area contributed by atoms with Gasteiger partial charge in [-0.05, 0) is 35.4 Å². The summed E-state index contributed by atoms with van der Waals surface area (Å²) in [5.74, 6) is -0.251. The predicted molar refractivity (Wildman–Crippen MR) is 121 cm³/mol. The number of carbonyl (C=O) groups is 3. The van der Waals surface area contributed by atoms with Crippen LogP contribution in [0.25, 0.3) is 0 Å². The quantitative estimate of drug-likeness (QED) is 0.480. The Hall–Kier alpha value is -4.07. The third-order valence-corrected chi connectivity index (χ3v) is 4.68. The lowest BCUT2D eigenvalue weighted by atomic mass is 10.2. The van der Waals surface area contributed by atoms with E-state index in [0.717, 1.165) is 11.1 Å². The predicted octanol–water partition coefficient (Wildman–Crippen LogP) is 3.38. The van der Waals surface area contributed by atoms with E-state index in [9.17, 15) is 14.4 Å². The summed E-state index contributed by atoms with van der Waals surface area (Å²) >= 11 is 0. The molecule has 0 aliphatic carbocycles. The van der Waals surface area contributed by atoms with Crippen LogP contribution in [0.15, 0.2) is 77.4 Å². The Bertz CT molecular complexity index is 1020. The van der Waals surface area contributed by atoms with Crippen LogP contribution in [0, 0.1) is 0 Å².